The standard InChI is InChI=1S/C32H48N2/c1-19(2)25-13-7-21(5)17-28(25)31-27(23-9-11-24(33)12-10-23)15-16-30(34)32(31)29-18-22(6)8-14-26(29)20(3)4/h9-12,15-16,19-22,25-26,28-29H,7-8,13-14,17-18,33-34H2,1-6H3. The topological polar surface area (TPSA) is 52.0 Å². The zero-order valence-corrected chi connectivity index (χ0v) is 22.5. The number of benzene rings is 2. The fraction of sp³-hybridized carbons (Fsp3) is 0.625. The smallest absolute Gasteiger partial charge is 0.0352 e. The van der Waals surface area contributed by atoms with Crippen LogP contribution >= 0.6 is 0 Å². The molecule has 34 heavy (non-hydrogen) atoms. The van der Waals surface area contributed by atoms with Crippen molar-refractivity contribution in [1.29, 1.82) is 0 Å². The van der Waals surface area contributed by atoms with Crippen LogP contribution in [0.3, 0.4) is 0 Å². The average Bonchev–Trinajstić information content (AvgIpc) is 2.79. The minimum atomic E-state index is 0.553. The molecule has 2 saturated carbocycles. The summed E-state index contributed by atoms with van der Waals surface area (Å²) in [6.07, 6.45) is 7.89. The number of hydrogen-bond donors (Lipinski definition) is 2. The van der Waals surface area contributed by atoms with Gasteiger partial charge in [0.15, 0.2) is 0 Å². The number of nitrogens with two attached hydrogens (primary N) is 2. The first-order valence-corrected chi connectivity index (χ1v) is 14.0. The lowest BCUT2D eigenvalue weighted by Gasteiger charge is -2.44. The third kappa shape index (κ3) is 5.02. The largest absolute Gasteiger partial charge is 0.399 e. The number of nitrogen functional groups attached to an aromatic ring is 2. The minimum Gasteiger partial charge on any atom is -0.399 e. The molecule has 6 unspecified atom stereocenters. The van der Waals surface area contributed by atoms with Gasteiger partial charge in [-0.15, -0.1) is 0 Å². The highest BCUT2D eigenvalue weighted by Gasteiger charge is 2.39. The fourth-order valence-corrected chi connectivity index (χ4v) is 7.45. The van der Waals surface area contributed by atoms with Crippen LogP contribution in [0.4, 0.5) is 11.4 Å². The molecular weight excluding hydrogens is 412 g/mol. The van der Waals surface area contributed by atoms with Crippen molar-refractivity contribution in [1.82, 2.24) is 0 Å². The molecule has 2 fully saturated rings. The second-order valence-electron chi connectivity index (χ2n) is 12.5. The molecule has 2 nitrogen and oxygen atoms in total. The van der Waals surface area contributed by atoms with E-state index in [0.717, 1.165) is 23.2 Å². The molecule has 0 heterocycles. The summed E-state index contributed by atoms with van der Waals surface area (Å²) in [6, 6.07) is 13.1. The van der Waals surface area contributed by atoms with E-state index in [1.807, 2.05) is 0 Å². The van der Waals surface area contributed by atoms with Crippen LogP contribution in [0.1, 0.15) is 103 Å². The summed E-state index contributed by atoms with van der Waals surface area (Å²) in [5.74, 6) is 5.42. The number of anilines is 2. The molecule has 0 spiro atoms. The average molecular weight is 461 g/mol. The molecule has 186 valence electrons. The van der Waals surface area contributed by atoms with Gasteiger partial charge in [0, 0.05) is 11.4 Å². The normalized spacial score (nSPS) is 30.1. The maximum Gasteiger partial charge on any atom is 0.0352 e. The first kappa shape index (κ1) is 25.1. The van der Waals surface area contributed by atoms with Gasteiger partial charge in [-0.25, -0.2) is 0 Å². The molecule has 0 bridgehead atoms. The summed E-state index contributed by atoms with van der Waals surface area (Å²) < 4.78 is 0. The highest BCUT2D eigenvalue weighted by atomic mass is 14.6. The Morgan fingerprint density at radius 1 is 0.647 bits per heavy atom. The lowest BCUT2D eigenvalue weighted by molar-refractivity contribution is 0.183. The molecule has 4 N–H and O–H groups in total. The molecule has 2 aliphatic rings. The van der Waals surface area contributed by atoms with Gasteiger partial charge in [0.25, 0.3) is 0 Å². The zero-order valence-electron chi connectivity index (χ0n) is 22.5. The van der Waals surface area contributed by atoms with E-state index in [2.05, 4.69) is 77.9 Å². The Kier molecular flexibility index (Phi) is 7.65. The summed E-state index contributed by atoms with van der Waals surface area (Å²) in [6.45, 7) is 14.6. The van der Waals surface area contributed by atoms with Crippen LogP contribution in [0.15, 0.2) is 36.4 Å². The second kappa shape index (κ2) is 10.3. The molecule has 2 aromatic rings. The van der Waals surface area contributed by atoms with Crippen LogP contribution in [-0.2, 0) is 0 Å². The van der Waals surface area contributed by atoms with Gasteiger partial charge in [-0.1, -0.05) is 72.6 Å². The van der Waals surface area contributed by atoms with Gasteiger partial charge in [-0.05, 0) is 113 Å². The van der Waals surface area contributed by atoms with Crippen molar-refractivity contribution in [2.75, 3.05) is 11.5 Å². The molecular formula is C32H48N2. The lowest BCUT2D eigenvalue weighted by atomic mass is 9.61. The monoisotopic (exact) mass is 460 g/mol. The van der Waals surface area contributed by atoms with Gasteiger partial charge >= 0.3 is 0 Å². The number of hydrogen-bond acceptors (Lipinski definition) is 2. The van der Waals surface area contributed by atoms with Gasteiger partial charge in [-0.2, -0.15) is 0 Å². The van der Waals surface area contributed by atoms with Gasteiger partial charge in [-0.3, -0.25) is 0 Å². The molecule has 4 rings (SSSR count). The Hall–Kier alpha value is -1.96. The summed E-state index contributed by atoms with van der Waals surface area (Å²) in [4.78, 5) is 0. The van der Waals surface area contributed by atoms with Crippen molar-refractivity contribution in [2.24, 2.45) is 35.5 Å². The van der Waals surface area contributed by atoms with Gasteiger partial charge in [0.2, 0.25) is 0 Å². The Bertz CT molecular complexity index is 958. The third-order valence-corrected chi connectivity index (χ3v) is 9.33. The molecule has 0 radical (unpaired) electrons. The summed E-state index contributed by atoms with van der Waals surface area (Å²) in [7, 11) is 0. The lowest BCUT2D eigenvalue weighted by Crippen LogP contribution is -2.31. The predicted octanol–water partition coefficient (Wildman–Crippen LogP) is 8.87. The van der Waals surface area contributed by atoms with Crippen molar-refractivity contribution in [3.8, 4) is 11.1 Å². The van der Waals surface area contributed by atoms with Crippen LogP contribution in [0.5, 0.6) is 0 Å². The first-order chi connectivity index (χ1) is 16.2. The van der Waals surface area contributed by atoms with Crippen LogP contribution in [-0.4, -0.2) is 0 Å². The SMILES string of the molecule is CC1CCC(C(C)C)C(c2c(N)ccc(-c3ccc(N)cc3)c2C2CC(C)CCC2C(C)C)C1. The van der Waals surface area contributed by atoms with E-state index in [1.54, 1.807) is 5.56 Å². The van der Waals surface area contributed by atoms with E-state index in [4.69, 9.17) is 11.5 Å². The van der Waals surface area contributed by atoms with Crippen LogP contribution < -0.4 is 11.5 Å². The Balaban J connectivity index is 1.96. The van der Waals surface area contributed by atoms with Crippen molar-refractivity contribution in [3.05, 3.63) is 47.5 Å². The Morgan fingerprint density at radius 2 is 1.15 bits per heavy atom. The van der Waals surface area contributed by atoms with E-state index in [0.29, 0.717) is 35.5 Å². The first-order valence-electron chi connectivity index (χ1n) is 14.0. The molecule has 2 aromatic carbocycles. The molecule has 6 atom stereocenters. The third-order valence-electron chi connectivity index (χ3n) is 9.33. The van der Waals surface area contributed by atoms with E-state index in [9.17, 15) is 0 Å². The molecule has 2 aliphatic carbocycles. The van der Waals surface area contributed by atoms with Crippen molar-refractivity contribution >= 4 is 11.4 Å². The number of rotatable bonds is 5. The summed E-state index contributed by atoms with van der Waals surface area (Å²) in [5.41, 5.74) is 20.7. The Morgan fingerprint density at radius 3 is 1.65 bits per heavy atom. The van der Waals surface area contributed by atoms with E-state index in [-0.39, 0.29) is 0 Å². The van der Waals surface area contributed by atoms with Gasteiger partial charge in [0.05, 0.1) is 0 Å². The zero-order chi connectivity index (χ0) is 24.6. The van der Waals surface area contributed by atoms with E-state index >= 15 is 0 Å². The quantitative estimate of drug-likeness (QED) is 0.438. The van der Waals surface area contributed by atoms with Crippen LogP contribution in [0.2, 0.25) is 0 Å². The van der Waals surface area contributed by atoms with Crippen molar-refractivity contribution in [3.63, 3.8) is 0 Å². The Labute approximate surface area is 208 Å². The van der Waals surface area contributed by atoms with Crippen molar-refractivity contribution in [2.45, 2.75) is 91.9 Å². The van der Waals surface area contributed by atoms with E-state index < -0.39 is 0 Å². The molecule has 2 heteroatoms. The fourth-order valence-electron chi connectivity index (χ4n) is 7.45. The molecule has 0 aliphatic heterocycles. The summed E-state index contributed by atoms with van der Waals surface area (Å²) >= 11 is 0. The van der Waals surface area contributed by atoms with Crippen molar-refractivity contribution < 1.29 is 0 Å². The van der Waals surface area contributed by atoms with E-state index in [1.165, 1.54) is 55.2 Å². The predicted molar refractivity (Wildman–Crippen MR) is 149 cm³/mol. The molecule has 0 aromatic heterocycles. The van der Waals surface area contributed by atoms with Crippen LogP contribution in [0, 0.1) is 35.5 Å². The van der Waals surface area contributed by atoms with Gasteiger partial charge in [0.1, 0.15) is 0 Å². The molecule has 0 saturated heterocycles. The maximum atomic E-state index is 6.97. The summed E-state index contributed by atoms with van der Waals surface area (Å²) in [5, 5.41) is 0. The molecule has 0 amide bonds. The maximum absolute atomic E-state index is 6.97. The highest BCUT2D eigenvalue weighted by Crippen LogP contribution is 2.54. The second-order valence-corrected chi connectivity index (χ2v) is 12.5. The van der Waals surface area contributed by atoms with Gasteiger partial charge < -0.3 is 11.5 Å². The minimum absolute atomic E-state index is 0.553. The highest BCUT2D eigenvalue weighted by molar-refractivity contribution is 5.75. The van der Waals surface area contributed by atoms with Crippen LogP contribution in [0.25, 0.3) is 11.1 Å².